The SMILES string of the molecule is CCN1CC=C(c2cc3c(Nc4cc5ncsc5cc4F)ccnc3s2)C12CCOCC2. The van der Waals surface area contributed by atoms with Crippen LogP contribution in [0.4, 0.5) is 15.8 Å². The number of likely N-dealkylation sites (N-methyl/N-ethyl adjacent to an activating group) is 1. The molecule has 1 saturated heterocycles. The van der Waals surface area contributed by atoms with Gasteiger partial charge in [-0.05, 0) is 49.2 Å². The highest BCUT2D eigenvalue weighted by Gasteiger charge is 2.45. The van der Waals surface area contributed by atoms with Crippen LogP contribution in [0.2, 0.25) is 0 Å². The van der Waals surface area contributed by atoms with Gasteiger partial charge in [-0.2, -0.15) is 0 Å². The summed E-state index contributed by atoms with van der Waals surface area (Å²) in [6, 6.07) is 7.45. The molecule has 32 heavy (non-hydrogen) atoms. The number of anilines is 2. The number of nitrogens with one attached hydrogen (secondary N) is 1. The molecule has 5 heterocycles. The second kappa shape index (κ2) is 7.88. The highest BCUT2D eigenvalue weighted by atomic mass is 32.1. The van der Waals surface area contributed by atoms with Crippen molar-refractivity contribution in [2.24, 2.45) is 0 Å². The summed E-state index contributed by atoms with van der Waals surface area (Å²) in [4.78, 5) is 13.7. The molecule has 1 aromatic carbocycles. The number of ether oxygens (including phenoxy) is 1. The van der Waals surface area contributed by atoms with Crippen LogP contribution in [0, 0.1) is 5.82 Å². The number of halogens is 1. The van der Waals surface area contributed by atoms with Crippen LogP contribution < -0.4 is 5.32 Å². The van der Waals surface area contributed by atoms with Crippen molar-refractivity contribution in [3.63, 3.8) is 0 Å². The lowest BCUT2D eigenvalue weighted by Gasteiger charge is -2.43. The predicted molar refractivity (Wildman–Crippen MR) is 130 cm³/mol. The van der Waals surface area contributed by atoms with Crippen LogP contribution in [0.15, 0.2) is 42.0 Å². The number of aromatic nitrogens is 2. The Hall–Kier alpha value is -2.39. The standard InChI is InChI=1S/C24H23FN4OS2/c1-2-29-8-4-16(24(29)5-9-30-10-6-24)21-11-15-18(3-7-26-23(15)32-21)28-19-13-20-22(12-17(19)25)31-14-27-20/h3-4,7,11-14H,2,5-6,8-10H2,1H3,(H,26,28). The number of benzene rings is 1. The van der Waals surface area contributed by atoms with E-state index in [1.807, 2.05) is 6.07 Å². The lowest BCUT2D eigenvalue weighted by molar-refractivity contribution is 0.0145. The summed E-state index contributed by atoms with van der Waals surface area (Å²) in [5, 5.41) is 4.32. The van der Waals surface area contributed by atoms with E-state index in [4.69, 9.17) is 4.74 Å². The zero-order valence-corrected chi connectivity index (χ0v) is 19.4. The first-order valence-electron chi connectivity index (χ1n) is 10.9. The topological polar surface area (TPSA) is 50.3 Å². The molecule has 0 bridgehead atoms. The molecule has 0 atom stereocenters. The van der Waals surface area contributed by atoms with Gasteiger partial charge in [-0.1, -0.05) is 13.0 Å². The van der Waals surface area contributed by atoms with E-state index in [2.05, 4.69) is 39.3 Å². The van der Waals surface area contributed by atoms with Gasteiger partial charge in [0, 0.05) is 36.2 Å². The van der Waals surface area contributed by atoms with Crippen molar-refractivity contribution in [1.29, 1.82) is 0 Å². The minimum atomic E-state index is -0.277. The first-order chi connectivity index (χ1) is 15.7. The fraction of sp³-hybridized carbons (Fsp3) is 0.333. The van der Waals surface area contributed by atoms with Gasteiger partial charge in [-0.3, -0.25) is 4.90 Å². The highest BCUT2D eigenvalue weighted by molar-refractivity contribution is 7.19. The number of pyridine rings is 1. The molecule has 0 unspecified atom stereocenters. The Morgan fingerprint density at radius 1 is 1.19 bits per heavy atom. The fourth-order valence-electron chi connectivity index (χ4n) is 5.09. The third-order valence-corrected chi connectivity index (χ3v) is 8.58. The normalized spacial score (nSPS) is 18.6. The first-order valence-corrected chi connectivity index (χ1v) is 12.6. The van der Waals surface area contributed by atoms with Gasteiger partial charge in [0.05, 0.1) is 32.6 Å². The van der Waals surface area contributed by atoms with Crippen LogP contribution in [0.25, 0.3) is 26.0 Å². The number of hydrogen-bond donors (Lipinski definition) is 1. The maximum absolute atomic E-state index is 14.7. The number of nitrogens with zero attached hydrogens (tertiary/aromatic N) is 3. The highest BCUT2D eigenvalue weighted by Crippen LogP contribution is 2.47. The van der Waals surface area contributed by atoms with Crippen molar-refractivity contribution in [2.75, 3.05) is 31.6 Å². The van der Waals surface area contributed by atoms with Gasteiger partial charge >= 0.3 is 0 Å². The molecule has 2 aliphatic heterocycles. The predicted octanol–water partition coefficient (Wildman–Crippen LogP) is 6.06. The van der Waals surface area contributed by atoms with Crippen LogP contribution in [0.3, 0.4) is 0 Å². The summed E-state index contributed by atoms with van der Waals surface area (Å²) >= 11 is 3.16. The first kappa shape index (κ1) is 20.2. The van der Waals surface area contributed by atoms with Gasteiger partial charge < -0.3 is 10.1 Å². The smallest absolute Gasteiger partial charge is 0.148 e. The van der Waals surface area contributed by atoms with Gasteiger partial charge in [-0.25, -0.2) is 14.4 Å². The minimum absolute atomic E-state index is 0.0449. The summed E-state index contributed by atoms with van der Waals surface area (Å²) in [5.74, 6) is -0.277. The lowest BCUT2D eigenvalue weighted by atomic mass is 9.82. The average molecular weight is 467 g/mol. The van der Waals surface area contributed by atoms with Crippen molar-refractivity contribution < 1.29 is 9.13 Å². The Morgan fingerprint density at radius 3 is 2.91 bits per heavy atom. The van der Waals surface area contributed by atoms with Crippen LogP contribution in [-0.4, -0.2) is 46.7 Å². The van der Waals surface area contributed by atoms with Gasteiger partial charge in [0.2, 0.25) is 0 Å². The third-order valence-electron chi connectivity index (χ3n) is 6.71. The molecule has 0 amide bonds. The number of thiophene rings is 1. The number of fused-ring (bicyclic) bond motifs is 2. The Kier molecular flexibility index (Phi) is 4.98. The lowest BCUT2D eigenvalue weighted by Crippen LogP contribution is -2.49. The zero-order valence-electron chi connectivity index (χ0n) is 17.7. The average Bonchev–Trinajstić information content (AvgIpc) is 3.51. The molecule has 1 spiro atoms. The summed E-state index contributed by atoms with van der Waals surface area (Å²) in [6.07, 6.45) is 6.19. The molecule has 164 valence electrons. The van der Waals surface area contributed by atoms with E-state index in [1.54, 1.807) is 35.2 Å². The molecule has 1 N–H and O–H groups in total. The Morgan fingerprint density at radius 2 is 2.06 bits per heavy atom. The van der Waals surface area contributed by atoms with E-state index in [0.29, 0.717) is 5.69 Å². The summed E-state index contributed by atoms with van der Waals surface area (Å²) in [5.41, 5.74) is 5.27. The summed E-state index contributed by atoms with van der Waals surface area (Å²) in [7, 11) is 0. The zero-order chi connectivity index (χ0) is 21.7. The van der Waals surface area contributed by atoms with Crippen LogP contribution >= 0.6 is 22.7 Å². The van der Waals surface area contributed by atoms with Gasteiger partial charge in [0.25, 0.3) is 0 Å². The van der Waals surface area contributed by atoms with Crippen LogP contribution in [0.1, 0.15) is 24.6 Å². The Bertz CT molecular complexity index is 1340. The molecule has 8 heteroatoms. The molecular weight excluding hydrogens is 443 g/mol. The monoisotopic (exact) mass is 466 g/mol. The Labute approximate surface area is 193 Å². The molecule has 3 aromatic heterocycles. The van der Waals surface area contributed by atoms with E-state index in [0.717, 1.165) is 65.3 Å². The summed E-state index contributed by atoms with van der Waals surface area (Å²) in [6.45, 7) is 5.81. The fourth-order valence-corrected chi connectivity index (χ4v) is 6.94. The van der Waals surface area contributed by atoms with Crippen LogP contribution in [0.5, 0.6) is 0 Å². The largest absolute Gasteiger partial charge is 0.381 e. The summed E-state index contributed by atoms with van der Waals surface area (Å²) < 4.78 is 21.3. The quantitative estimate of drug-likeness (QED) is 0.396. The van der Waals surface area contributed by atoms with Crippen molar-refractivity contribution in [1.82, 2.24) is 14.9 Å². The van der Waals surface area contributed by atoms with Gasteiger partial charge in [0.1, 0.15) is 10.6 Å². The van der Waals surface area contributed by atoms with Gasteiger partial charge in [-0.15, -0.1) is 22.7 Å². The third kappa shape index (κ3) is 3.16. The maximum atomic E-state index is 14.7. The van der Waals surface area contributed by atoms with Crippen molar-refractivity contribution in [3.05, 3.63) is 52.7 Å². The van der Waals surface area contributed by atoms with E-state index >= 15 is 0 Å². The molecule has 0 saturated carbocycles. The Balaban J connectivity index is 1.40. The number of hydrogen-bond acceptors (Lipinski definition) is 7. The number of rotatable bonds is 4. The maximum Gasteiger partial charge on any atom is 0.148 e. The minimum Gasteiger partial charge on any atom is -0.381 e. The van der Waals surface area contributed by atoms with Gasteiger partial charge in [0.15, 0.2) is 0 Å². The molecule has 1 fully saturated rings. The molecule has 5 nitrogen and oxygen atoms in total. The van der Waals surface area contributed by atoms with E-state index in [1.165, 1.54) is 21.8 Å². The molecule has 2 aliphatic rings. The molecule has 4 aromatic rings. The second-order valence-electron chi connectivity index (χ2n) is 8.27. The number of thiazole rings is 1. The molecule has 0 aliphatic carbocycles. The van der Waals surface area contributed by atoms with Crippen molar-refractivity contribution >= 4 is 60.1 Å². The van der Waals surface area contributed by atoms with E-state index in [9.17, 15) is 4.39 Å². The van der Waals surface area contributed by atoms with Crippen molar-refractivity contribution in [3.8, 4) is 0 Å². The molecule has 0 radical (unpaired) electrons. The van der Waals surface area contributed by atoms with Crippen LogP contribution in [-0.2, 0) is 4.74 Å². The van der Waals surface area contributed by atoms with E-state index < -0.39 is 0 Å². The molecular formula is C24H23FN4OS2. The molecule has 6 rings (SSSR count). The second-order valence-corrected chi connectivity index (χ2v) is 10.2. The van der Waals surface area contributed by atoms with Crippen molar-refractivity contribution in [2.45, 2.75) is 25.3 Å². The van der Waals surface area contributed by atoms with E-state index in [-0.39, 0.29) is 11.4 Å².